The van der Waals surface area contributed by atoms with Crippen molar-refractivity contribution >= 4 is 12.1 Å². The van der Waals surface area contributed by atoms with Crippen LogP contribution < -0.4 is 0 Å². The van der Waals surface area contributed by atoms with Gasteiger partial charge in [-0.25, -0.2) is 0 Å². The number of ketones is 1. The maximum atomic E-state index is 10.9. The van der Waals surface area contributed by atoms with E-state index in [9.17, 15) is 9.59 Å². The maximum Gasteiger partial charge on any atom is 0.206 e. The van der Waals surface area contributed by atoms with Gasteiger partial charge in [0.2, 0.25) is 6.29 Å². The smallest absolute Gasteiger partial charge is 0.206 e. The first-order valence-electron chi connectivity index (χ1n) is 4.16. The van der Waals surface area contributed by atoms with Crippen LogP contribution in [0.25, 0.3) is 0 Å². The van der Waals surface area contributed by atoms with Gasteiger partial charge in [-0.05, 0) is 0 Å². The summed E-state index contributed by atoms with van der Waals surface area (Å²) in [5.41, 5.74) is 0. The SMILES string of the molecule is O=[C]CC(=O)[C@H](O)[C@@H](O)[C@H](O)[C@H](O)CO. The molecule has 7 heteroatoms. The predicted octanol–water partition coefficient (Wildman–Crippen LogP) is -3.51. The largest absolute Gasteiger partial charge is 0.394 e. The summed E-state index contributed by atoms with van der Waals surface area (Å²) in [6, 6.07) is 0. The highest BCUT2D eigenvalue weighted by Gasteiger charge is 2.33. The minimum absolute atomic E-state index is 0.722. The molecule has 0 saturated heterocycles. The molecule has 0 bridgehead atoms. The molecule has 15 heavy (non-hydrogen) atoms. The van der Waals surface area contributed by atoms with Gasteiger partial charge < -0.3 is 25.5 Å². The number of aliphatic hydroxyl groups is 5. The van der Waals surface area contributed by atoms with Gasteiger partial charge in [0.1, 0.15) is 24.4 Å². The van der Waals surface area contributed by atoms with Crippen LogP contribution >= 0.6 is 0 Å². The monoisotopic (exact) mass is 221 g/mol. The van der Waals surface area contributed by atoms with Gasteiger partial charge in [0.05, 0.1) is 13.0 Å². The summed E-state index contributed by atoms with van der Waals surface area (Å²) in [4.78, 5) is 20.7. The van der Waals surface area contributed by atoms with Gasteiger partial charge in [0, 0.05) is 0 Å². The van der Waals surface area contributed by atoms with E-state index in [-0.39, 0.29) is 0 Å². The molecule has 0 aliphatic heterocycles. The summed E-state index contributed by atoms with van der Waals surface area (Å²) < 4.78 is 0. The van der Waals surface area contributed by atoms with E-state index in [1.165, 1.54) is 6.29 Å². The molecule has 0 aromatic rings. The first-order valence-corrected chi connectivity index (χ1v) is 4.16. The Kier molecular flexibility index (Phi) is 6.21. The van der Waals surface area contributed by atoms with Crippen LogP contribution in [0.4, 0.5) is 0 Å². The van der Waals surface area contributed by atoms with Crippen molar-refractivity contribution in [3.05, 3.63) is 0 Å². The first kappa shape index (κ1) is 14.1. The molecule has 1 radical (unpaired) electrons. The fourth-order valence-corrected chi connectivity index (χ4v) is 0.889. The van der Waals surface area contributed by atoms with Gasteiger partial charge in [-0.1, -0.05) is 0 Å². The van der Waals surface area contributed by atoms with Crippen molar-refractivity contribution in [1.82, 2.24) is 0 Å². The van der Waals surface area contributed by atoms with Gasteiger partial charge in [-0.15, -0.1) is 0 Å². The Balaban J connectivity index is 4.35. The van der Waals surface area contributed by atoms with Crippen LogP contribution in [0.5, 0.6) is 0 Å². The van der Waals surface area contributed by atoms with Crippen molar-refractivity contribution in [2.24, 2.45) is 0 Å². The number of hydrogen-bond donors (Lipinski definition) is 5. The molecule has 0 spiro atoms. The first-order chi connectivity index (χ1) is 6.95. The maximum absolute atomic E-state index is 10.9. The molecule has 0 unspecified atom stereocenters. The Morgan fingerprint density at radius 3 is 2.07 bits per heavy atom. The quantitative estimate of drug-likeness (QED) is 0.281. The highest BCUT2D eigenvalue weighted by Crippen LogP contribution is 2.06. The van der Waals surface area contributed by atoms with Gasteiger partial charge in [0.15, 0.2) is 5.78 Å². The summed E-state index contributed by atoms with van der Waals surface area (Å²) in [5.74, 6) is -1.03. The standard InChI is InChI=1S/C8H13O7/c9-2-1-4(11)6(13)8(15)7(14)5(12)3-10/h5-8,10,12-15H,1,3H2/t5-,6+,7-,8-/m1/s1. The van der Waals surface area contributed by atoms with Crippen molar-refractivity contribution in [2.75, 3.05) is 6.61 Å². The minimum atomic E-state index is -2.00. The number of aliphatic hydroxyl groups excluding tert-OH is 5. The van der Waals surface area contributed by atoms with Crippen LogP contribution in [-0.2, 0) is 9.59 Å². The van der Waals surface area contributed by atoms with E-state index in [4.69, 9.17) is 25.5 Å². The summed E-state index contributed by atoms with van der Waals surface area (Å²) >= 11 is 0. The summed E-state index contributed by atoms with van der Waals surface area (Å²) in [7, 11) is 0. The molecule has 0 aliphatic rings. The normalized spacial score (nSPS) is 19.0. The van der Waals surface area contributed by atoms with E-state index < -0.39 is 43.2 Å². The zero-order valence-corrected chi connectivity index (χ0v) is 7.78. The lowest BCUT2D eigenvalue weighted by molar-refractivity contribution is -0.145. The van der Waals surface area contributed by atoms with Gasteiger partial charge in [-0.2, -0.15) is 0 Å². The van der Waals surface area contributed by atoms with Crippen LogP contribution in [-0.4, -0.2) is 68.6 Å². The molecule has 0 aromatic carbocycles. The molecule has 0 amide bonds. The van der Waals surface area contributed by atoms with Crippen molar-refractivity contribution in [2.45, 2.75) is 30.8 Å². The van der Waals surface area contributed by atoms with E-state index in [1.807, 2.05) is 0 Å². The summed E-state index contributed by atoms with van der Waals surface area (Å²) in [6.45, 7) is -0.834. The van der Waals surface area contributed by atoms with Gasteiger partial charge >= 0.3 is 0 Å². The Bertz CT molecular complexity index is 217. The van der Waals surface area contributed by atoms with E-state index in [1.54, 1.807) is 0 Å². The molecule has 4 atom stereocenters. The number of hydrogen-bond acceptors (Lipinski definition) is 7. The molecule has 0 aliphatic carbocycles. The number of carbonyl (C=O) groups excluding carboxylic acids is 2. The van der Waals surface area contributed by atoms with Crippen molar-refractivity contribution in [3.63, 3.8) is 0 Å². The molecular weight excluding hydrogens is 208 g/mol. The Hall–Kier alpha value is -0.860. The van der Waals surface area contributed by atoms with Crippen LogP contribution in [0.15, 0.2) is 0 Å². The average Bonchev–Trinajstić information content (AvgIpc) is 2.25. The number of carbonyl (C=O) groups is 1. The fraction of sp³-hybridized carbons (Fsp3) is 0.750. The highest BCUT2D eigenvalue weighted by atomic mass is 16.4. The van der Waals surface area contributed by atoms with E-state index in [2.05, 4.69) is 0 Å². The molecule has 5 N–H and O–H groups in total. The summed E-state index contributed by atoms with van der Waals surface area (Å²) in [5, 5.41) is 44.7. The third-order valence-corrected chi connectivity index (χ3v) is 1.83. The molecule has 7 nitrogen and oxygen atoms in total. The third-order valence-electron chi connectivity index (χ3n) is 1.83. The number of Topliss-reactive ketones (excluding diaryl/α,β-unsaturated/α-hetero) is 1. The van der Waals surface area contributed by atoms with E-state index in [0.717, 1.165) is 0 Å². The minimum Gasteiger partial charge on any atom is -0.394 e. The Morgan fingerprint density at radius 1 is 1.13 bits per heavy atom. The number of rotatable bonds is 7. The molecule has 87 valence electrons. The second-order valence-corrected chi connectivity index (χ2v) is 2.96. The fourth-order valence-electron chi connectivity index (χ4n) is 0.889. The lowest BCUT2D eigenvalue weighted by Crippen LogP contribution is -2.48. The topological polar surface area (TPSA) is 135 Å². The molecular formula is C8H13O7. The zero-order chi connectivity index (χ0) is 12.0. The zero-order valence-electron chi connectivity index (χ0n) is 7.78. The Labute approximate surface area is 85.6 Å². The van der Waals surface area contributed by atoms with Crippen LogP contribution in [0.1, 0.15) is 6.42 Å². The molecule has 0 aromatic heterocycles. The third kappa shape index (κ3) is 4.02. The predicted molar refractivity (Wildman–Crippen MR) is 46.4 cm³/mol. The molecule has 0 heterocycles. The molecule has 0 rings (SSSR count). The van der Waals surface area contributed by atoms with E-state index >= 15 is 0 Å². The molecule has 0 saturated carbocycles. The van der Waals surface area contributed by atoms with Gasteiger partial charge in [0.25, 0.3) is 0 Å². The summed E-state index contributed by atoms with van der Waals surface area (Å²) in [6.07, 6.45) is -7.02. The second kappa shape index (κ2) is 6.59. The van der Waals surface area contributed by atoms with Crippen molar-refractivity contribution < 1.29 is 35.1 Å². The van der Waals surface area contributed by atoms with Crippen molar-refractivity contribution in [1.29, 1.82) is 0 Å². The van der Waals surface area contributed by atoms with Crippen LogP contribution in [0, 0.1) is 0 Å². The molecule has 0 fully saturated rings. The van der Waals surface area contributed by atoms with Crippen LogP contribution in [0.2, 0.25) is 0 Å². The van der Waals surface area contributed by atoms with Crippen molar-refractivity contribution in [3.8, 4) is 0 Å². The highest BCUT2D eigenvalue weighted by molar-refractivity contribution is 5.93. The van der Waals surface area contributed by atoms with E-state index in [0.29, 0.717) is 0 Å². The van der Waals surface area contributed by atoms with Crippen LogP contribution in [0.3, 0.4) is 0 Å². The lowest BCUT2D eigenvalue weighted by atomic mass is 9.99. The second-order valence-electron chi connectivity index (χ2n) is 2.96. The van der Waals surface area contributed by atoms with Gasteiger partial charge in [-0.3, -0.25) is 9.59 Å². The average molecular weight is 221 g/mol. The lowest BCUT2D eigenvalue weighted by Gasteiger charge is -2.24. The Morgan fingerprint density at radius 2 is 1.67 bits per heavy atom.